The molecule has 0 spiro atoms. The summed E-state index contributed by atoms with van der Waals surface area (Å²) in [5.41, 5.74) is 4.27. The van der Waals surface area contributed by atoms with Crippen LogP contribution in [0.15, 0.2) is 72.9 Å². The van der Waals surface area contributed by atoms with Gasteiger partial charge in [0.2, 0.25) is 5.91 Å². The molecular formula is C22H21ClN2O. The number of nitrogens with zero attached hydrogens (tertiary/aromatic N) is 2. The molecule has 26 heavy (non-hydrogen) atoms. The molecule has 1 aliphatic rings. The molecule has 2 unspecified atom stereocenters. The molecule has 0 radical (unpaired) electrons. The molecule has 1 aromatic heterocycles. The Balaban J connectivity index is 1.73. The van der Waals surface area contributed by atoms with Crippen LogP contribution in [-0.2, 0) is 11.3 Å². The second-order valence-corrected chi connectivity index (χ2v) is 7.18. The number of halogens is 1. The van der Waals surface area contributed by atoms with E-state index in [2.05, 4.69) is 42.0 Å². The van der Waals surface area contributed by atoms with Crippen LogP contribution >= 0.6 is 11.6 Å². The van der Waals surface area contributed by atoms with Crippen molar-refractivity contribution < 1.29 is 4.79 Å². The Morgan fingerprint density at radius 3 is 2.62 bits per heavy atom. The van der Waals surface area contributed by atoms with Gasteiger partial charge >= 0.3 is 0 Å². The highest BCUT2D eigenvalue weighted by Crippen LogP contribution is 2.36. The van der Waals surface area contributed by atoms with E-state index in [4.69, 9.17) is 11.6 Å². The Hall–Kier alpha value is -2.52. The van der Waals surface area contributed by atoms with Crippen molar-refractivity contribution in [2.24, 2.45) is 0 Å². The number of carbonyl (C=O) groups excluding carboxylic acids is 1. The molecule has 4 heteroatoms. The van der Waals surface area contributed by atoms with Crippen LogP contribution < -0.4 is 0 Å². The third-order valence-corrected chi connectivity index (χ3v) is 5.43. The van der Waals surface area contributed by atoms with Gasteiger partial charge in [-0.05, 0) is 30.2 Å². The van der Waals surface area contributed by atoms with Gasteiger partial charge in [0.15, 0.2) is 0 Å². The van der Waals surface area contributed by atoms with Gasteiger partial charge in [-0.25, -0.2) is 0 Å². The molecule has 1 amide bonds. The molecule has 3 nitrogen and oxygen atoms in total. The van der Waals surface area contributed by atoms with Gasteiger partial charge in [-0.1, -0.05) is 60.2 Å². The Labute approximate surface area is 158 Å². The molecule has 0 N–H and O–H groups in total. The summed E-state index contributed by atoms with van der Waals surface area (Å²) in [6, 6.07) is 22.0. The lowest BCUT2D eigenvalue weighted by Crippen LogP contribution is -2.43. The van der Waals surface area contributed by atoms with Crippen LogP contribution in [0, 0.1) is 6.92 Å². The van der Waals surface area contributed by atoms with Gasteiger partial charge in [0.25, 0.3) is 0 Å². The number of rotatable bonds is 3. The summed E-state index contributed by atoms with van der Waals surface area (Å²) in [4.78, 5) is 15.2. The predicted molar refractivity (Wildman–Crippen MR) is 104 cm³/mol. The molecule has 132 valence electrons. The monoisotopic (exact) mass is 364 g/mol. The fourth-order valence-electron chi connectivity index (χ4n) is 3.72. The average molecular weight is 365 g/mol. The number of hydrogen-bond donors (Lipinski definition) is 0. The Morgan fingerprint density at radius 2 is 1.85 bits per heavy atom. The third-order valence-electron chi connectivity index (χ3n) is 4.99. The van der Waals surface area contributed by atoms with E-state index >= 15 is 0 Å². The van der Waals surface area contributed by atoms with E-state index in [0.29, 0.717) is 6.54 Å². The predicted octanol–water partition coefficient (Wildman–Crippen LogP) is 4.71. The minimum Gasteiger partial charge on any atom is -0.348 e. The molecule has 3 aromatic rings. The van der Waals surface area contributed by atoms with Gasteiger partial charge in [0.1, 0.15) is 5.38 Å². The molecule has 0 saturated heterocycles. The number of carbonyl (C=O) groups is 1. The van der Waals surface area contributed by atoms with Gasteiger partial charge in [0, 0.05) is 25.0 Å². The first-order valence-electron chi connectivity index (χ1n) is 8.86. The van der Waals surface area contributed by atoms with E-state index in [0.717, 1.165) is 23.4 Å². The molecule has 0 saturated carbocycles. The van der Waals surface area contributed by atoms with Crippen molar-refractivity contribution in [3.63, 3.8) is 0 Å². The summed E-state index contributed by atoms with van der Waals surface area (Å²) < 4.78 is 2.22. The fourth-order valence-corrected chi connectivity index (χ4v) is 3.99. The summed E-state index contributed by atoms with van der Waals surface area (Å²) in [5.74, 6) is -0.0446. The summed E-state index contributed by atoms with van der Waals surface area (Å²) in [6.45, 7) is 3.51. The molecular weight excluding hydrogens is 344 g/mol. The summed E-state index contributed by atoms with van der Waals surface area (Å²) >= 11 is 6.58. The lowest BCUT2D eigenvalue weighted by molar-refractivity contribution is -0.133. The van der Waals surface area contributed by atoms with Crippen LogP contribution in [0.2, 0.25) is 0 Å². The quantitative estimate of drug-likeness (QED) is 0.618. The van der Waals surface area contributed by atoms with E-state index in [1.54, 1.807) is 0 Å². The minimum absolute atomic E-state index is 0.0446. The van der Waals surface area contributed by atoms with Gasteiger partial charge in [-0.2, -0.15) is 0 Å². The maximum Gasteiger partial charge on any atom is 0.246 e. The SMILES string of the molecule is Cc1cccc(C2c3cccn3CCN2C(=O)C(Cl)c2ccccc2)c1. The van der Waals surface area contributed by atoms with Crippen molar-refractivity contribution in [2.75, 3.05) is 6.54 Å². The zero-order chi connectivity index (χ0) is 18.1. The van der Waals surface area contributed by atoms with Crippen molar-refractivity contribution in [1.82, 2.24) is 9.47 Å². The maximum absolute atomic E-state index is 13.3. The normalized spacial score (nSPS) is 17.6. The lowest BCUT2D eigenvalue weighted by atomic mass is 9.97. The van der Waals surface area contributed by atoms with E-state index in [1.807, 2.05) is 47.4 Å². The van der Waals surface area contributed by atoms with Crippen LogP contribution in [-0.4, -0.2) is 21.9 Å². The van der Waals surface area contributed by atoms with Crippen molar-refractivity contribution in [3.8, 4) is 0 Å². The van der Waals surface area contributed by atoms with E-state index in [-0.39, 0.29) is 11.9 Å². The average Bonchev–Trinajstić information content (AvgIpc) is 3.15. The highest BCUT2D eigenvalue weighted by atomic mass is 35.5. The Bertz CT molecular complexity index is 919. The molecule has 0 aliphatic carbocycles. The Morgan fingerprint density at radius 1 is 1.04 bits per heavy atom. The largest absolute Gasteiger partial charge is 0.348 e. The van der Waals surface area contributed by atoms with Gasteiger partial charge < -0.3 is 9.47 Å². The molecule has 0 bridgehead atoms. The van der Waals surface area contributed by atoms with Crippen LogP contribution in [0.1, 0.15) is 33.8 Å². The summed E-state index contributed by atoms with van der Waals surface area (Å²) in [5, 5.41) is -0.676. The van der Waals surface area contributed by atoms with Crippen molar-refractivity contribution >= 4 is 17.5 Å². The molecule has 0 fully saturated rings. The van der Waals surface area contributed by atoms with Crippen LogP contribution in [0.25, 0.3) is 0 Å². The zero-order valence-electron chi connectivity index (χ0n) is 14.7. The van der Waals surface area contributed by atoms with Gasteiger partial charge in [0.05, 0.1) is 6.04 Å². The number of amides is 1. The standard InChI is InChI=1S/C22H21ClN2O/c1-16-7-5-10-18(15-16)21-19-11-6-12-24(19)13-14-25(21)22(26)20(23)17-8-3-2-4-9-17/h2-12,15,20-21H,13-14H2,1H3. The number of aryl methyl sites for hydroxylation is 1. The second kappa shape index (κ2) is 7.00. The summed E-state index contributed by atoms with van der Waals surface area (Å²) in [6.07, 6.45) is 2.08. The second-order valence-electron chi connectivity index (χ2n) is 6.75. The van der Waals surface area contributed by atoms with Gasteiger partial charge in [-0.15, -0.1) is 11.6 Å². The van der Waals surface area contributed by atoms with E-state index < -0.39 is 5.38 Å². The van der Waals surface area contributed by atoms with Crippen LogP contribution in [0.3, 0.4) is 0 Å². The van der Waals surface area contributed by atoms with Gasteiger partial charge in [-0.3, -0.25) is 4.79 Å². The van der Waals surface area contributed by atoms with Crippen LogP contribution in [0.5, 0.6) is 0 Å². The molecule has 2 heterocycles. The van der Waals surface area contributed by atoms with Crippen molar-refractivity contribution in [3.05, 3.63) is 95.3 Å². The van der Waals surface area contributed by atoms with E-state index in [9.17, 15) is 4.79 Å². The highest BCUT2D eigenvalue weighted by molar-refractivity contribution is 6.30. The van der Waals surface area contributed by atoms with Crippen LogP contribution in [0.4, 0.5) is 0 Å². The molecule has 4 rings (SSSR count). The van der Waals surface area contributed by atoms with Crippen molar-refractivity contribution in [2.45, 2.75) is 24.9 Å². The molecule has 2 aromatic carbocycles. The first kappa shape index (κ1) is 16.9. The Kier molecular flexibility index (Phi) is 4.56. The summed E-state index contributed by atoms with van der Waals surface area (Å²) in [7, 11) is 0. The highest BCUT2D eigenvalue weighted by Gasteiger charge is 2.35. The smallest absolute Gasteiger partial charge is 0.246 e. The molecule has 2 atom stereocenters. The fraction of sp³-hybridized carbons (Fsp3) is 0.227. The number of benzene rings is 2. The number of fused-ring (bicyclic) bond motifs is 1. The minimum atomic E-state index is -0.676. The van der Waals surface area contributed by atoms with Crippen molar-refractivity contribution in [1.29, 1.82) is 0 Å². The van der Waals surface area contributed by atoms with E-state index in [1.165, 1.54) is 5.56 Å². The third kappa shape index (κ3) is 3.04. The lowest BCUT2D eigenvalue weighted by Gasteiger charge is -2.38. The maximum atomic E-state index is 13.3. The first-order chi connectivity index (χ1) is 12.6. The zero-order valence-corrected chi connectivity index (χ0v) is 15.4. The number of alkyl halides is 1. The topological polar surface area (TPSA) is 25.2 Å². The first-order valence-corrected chi connectivity index (χ1v) is 9.30. The molecule has 1 aliphatic heterocycles. The number of aromatic nitrogens is 1. The number of hydrogen-bond acceptors (Lipinski definition) is 1.